The average molecular weight is 187 g/mol. The van der Waals surface area contributed by atoms with Crippen molar-refractivity contribution in [2.24, 2.45) is 0 Å². The molecule has 0 saturated heterocycles. The van der Waals surface area contributed by atoms with Crippen LogP contribution in [0.4, 0.5) is 0 Å². The molecule has 2 rings (SSSR count). The van der Waals surface area contributed by atoms with E-state index in [1.807, 2.05) is 16.9 Å². The predicted molar refractivity (Wildman–Crippen MR) is 54.9 cm³/mol. The predicted octanol–water partition coefficient (Wildman–Crippen LogP) is 2.08. The summed E-state index contributed by atoms with van der Waals surface area (Å²) in [5.41, 5.74) is 1.34. The summed E-state index contributed by atoms with van der Waals surface area (Å²) in [5, 5.41) is 7.73. The molecule has 0 saturated carbocycles. The van der Waals surface area contributed by atoms with Crippen LogP contribution in [0.25, 0.3) is 0 Å². The van der Waals surface area contributed by atoms with Gasteiger partial charge in [-0.05, 0) is 5.56 Å². The van der Waals surface area contributed by atoms with Gasteiger partial charge in [-0.25, -0.2) is 0 Å². The van der Waals surface area contributed by atoms with Crippen LogP contribution >= 0.6 is 0 Å². The topological polar surface area (TPSA) is 30.7 Å². The van der Waals surface area contributed by atoms with Gasteiger partial charge < -0.3 is 0 Å². The largest absolute Gasteiger partial charge is 0.252 e. The number of aromatic nitrogens is 3. The van der Waals surface area contributed by atoms with Crippen molar-refractivity contribution in [2.75, 3.05) is 0 Å². The lowest BCUT2D eigenvalue weighted by Gasteiger charge is -2.10. The summed E-state index contributed by atoms with van der Waals surface area (Å²) in [6, 6.07) is 10.4. The molecule has 0 spiro atoms. The van der Waals surface area contributed by atoms with Gasteiger partial charge in [0.15, 0.2) is 0 Å². The molecule has 1 heterocycles. The van der Waals surface area contributed by atoms with Gasteiger partial charge in [0, 0.05) is 18.7 Å². The Morgan fingerprint density at radius 3 is 2.71 bits per heavy atom. The van der Waals surface area contributed by atoms with Gasteiger partial charge in [-0.3, -0.25) is 4.68 Å². The van der Waals surface area contributed by atoms with Crippen molar-refractivity contribution in [3.8, 4) is 0 Å². The van der Waals surface area contributed by atoms with Crippen molar-refractivity contribution in [3.63, 3.8) is 0 Å². The van der Waals surface area contributed by atoms with E-state index in [4.69, 9.17) is 0 Å². The Morgan fingerprint density at radius 1 is 1.29 bits per heavy atom. The summed E-state index contributed by atoms with van der Waals surface area (Å²) in [4.78, 5) is 0. The van der Waals surface area contributed by atoms with Crippen LogP contribution < -0.4 is 0 Å². The van der Waals surface area contributed by atoms with Crippen LogP contribution in [-0.2, 0) is 6.54 Å². The van der Waals surface area contributed by atoms with E-state index in [2.05, 4.69) is 41.5 Å². The Morgan fingerprint density at radius 2 is 2.07 bits per heavy atom. The molecule has 0 aliphatic carbocycles. The molecule has 0 bridgehead atoms. The van der Waals surface area contributed by atoms with E-state index in [1.165, 1.54) is 5.56 Å². The van der Waals surface area contributed by atoms with Crippen LogP contribution in [0.5, 0.6) is 0 Å². The minimum Gasteiger partial charge on any atom is -0.252 e. The molecule has 0 N–H and O–H groups in total. The number of rotatable bonds is 3. The van der Waals surface area contributed by atoms with Crippen LogP contribution in [0.3, 0.4) is 0 Å². The van der Waals surface area contributed by atoms with Crippen molar-refractivity contribution in [1.29, 1.82) is 0 Å². The zero-order valence-electron chi connectivity index (χ0n) is 8.17. The quantitative estimate of drug-likeness (QED) is 0.736. The van der Waals surface area contributed by atoms with E-state index in [1.54, 1.807) is 6.20 Å². The molecule has 14 heavy (non-hydrogen) atoms. The highest BCUT2D eigenvalue weighted by atomic mass is 15.4. The van der Waals surface area contributed by atoms with Gasteiger partial charge in [0.1, 0.15) is 0 Å². The third-order valence-corrected chi connectivity index (χ3v) is 2.30. The van der Waals surface area contributed by atoms with Crippen molar-refractivity contribution >= 4 is 0 Å². The fourth-order valence-corrected chi connectivity index (χ4v) is 1.50. The van der Waals surface area contributed by atoms with Crippen molar-refractivity contribution < 1.29 is 0 Å². The molecule has 72 valence electrons. The zero-order chi connectivity index (χ0) is 9.80. The van der Waals surface area contributed by atoms with Gasteiger partial charge in [0.05, 0.1) is 6.20 Å². The summed E-state index contributed by atoms with van der Waals surface area (Å²) >= 11 is 0. The van der Waals surface area contributed by atoms with Crippen molar-refractivity contribution in [2.45, 2.75) is 19.4 Å². The van der Waals surface area contributed by atoms with E-state index in [0.717, 1.165) is 6.54 Å². The lowest BCUT2D eigenvalue weighted by atomic mass is 10.0. The number of hydrogen-bond acceptors (Lipinski definition) is 2. The maximum atomic E-state index is 3.95. The standard InChI is InChI=1S/C11H13N3/c1-10(9-14-8-7-12-13-14)11-5-3-2-4-6-11/h2-8,10H,9H2,1H3. The van der Waals surface area contributed by atoms with Crippen LogP contribution in [-0.4, -0.2) is 15.0 Å². The van der Waals surface area contributed by atoms with Gasteiger partial charge in [-0.1, -0.05) is 42.5 Å². The second-order valence-electron chi connectivity index (χ2n) is 3.44. The maximum Gasteiger partial charge on any atom is 0.0692 e. The van der Waals surface area contributed by atoms with Crippen LogP contribution in [0.1, 0.15) is 18.4 Å². The summed E-state index contributed by atoms with van der Waals surface area (Å²) in [6.07, 6.45) is 3.59. The zero-order valence-corrected chi connectivity index (χ0v) is 8.17. The molecular formula is C11H13N3. The highest BCUT2D eigenvalue weighted by molar-refractivity contribution is 5.18. The summed E-state index contributed by atoms with van der Waals surface area (Å²) < 4.78 is 1.86. The first-order valence-electron chi connectivity index (χ1n) is 4.75. The third-order valence-electron chi connectivity index (χ3n) is 2.30. The Labute approximate surface area is 83.4 Å². The molecule has 0 radical (unpaired) electrons. The van der Waals surface area contributed by atoms with Gasteiger partial charge in [0.2, 0.25) is 0 Å². The molecule has 2 aromatic rings. The summed E-state index contributed by atoms with van der Waals surface area (Å²) in [6.45, 7) is 3.07. The van der Waals surface area contributed by atoms with Gasteiger partial charge in [-0.15, -0.1) is 5.10 Å². The first-order valence-corrected chi connectivity index (χ1v) is 4.75. The molecule has 1 atom stereocenters. The van der Waals surface area contributed by atoms with Crippen LogP contribution in [0, 0.1) is 0 Å². The summed E-state index contributed by atoms with van der Waals surface area (Å²) in [7, 11) is 0. The van der Waals surface area contributed by atoms with Gasteiger partial charge in [0.25, 0.3) is 0 Å². The van der Waals surface area contributed by atoms with E-state index < -0.39 is 0 Å². The molecule has 3 heteroatoms. The molecule has 1 aromatic carbocycles. The van der Waals surface area contributed by atoms with Gasteiger partial charge >= 0.3 is 0 Å². The smallest absolute Gasteiger partial charge is 0.0692 e. The molecular weight excluding hydrogens is 174 g/mol. The summed E-state index contributed by atoms with van der Waals surface area (Å²) in [5.74, 6) is 0.470. The monoisotopic (exact) mass is 187 g/mol. The number of hydrogen-bond donors (Lipinski definition) is 0. The normalized spacial score (nSPS) is 12.6. The SMILES string of the molecule is CC(Cn1ccnn1)c1ccccc1. The maximum absolute atomic E-state index is 3.95. The average Bonchev–Trinajstić information content (AvgIpc) is 2.72. The van der Waals surface area contributed by atoms with E-state index in [0.29, 0.717) is 5.92 Å². The van der Waals surface area contributed by atoms with E-state index in [9.17, 15) is 0 Å². The Balaban J connectivity index is 2.07. The Hall–Kier alpha value is -1.64. The second-order valence-corrected chi connectivity index (χ2v) is 3.44. The van der Waals surface area contributed by atoms with Gasteiger partial charge in [-0.2, -0.15) is 0 Å². The van der Waals surface area contributed by atoms with Crippen molar-refractivity contribution in [1.82, 2.24) is 15.0 Å². The molecule has 1 unspecified atom stereocenters. The molecule has 0 aliphatic heterocycles. The highest BCUT2D eigenvalue weighted by Crippen LogP contribution is 2.15. The molecule has 3 nitrogen and oxygen atoms in total. The first kappa shape index (κ1) is 8.94. The molecule has 1 aromatic heterocycles. The number of benzene rings is 1. The second kappa shape index (κ2) is 4.05. The highest BCUT2D eigenvalue weighted by Gasteiger charge is 2.05. The first-order chi connectivity index (χ1) is 6.86. The lowest BCUT2D eigenvalue weighted by Crippen LogP contribution is -2.06. The third kappa shape index (κ3) is 1.99. The number of nitrogens with zero attached hydrogens (tertiary/aromatic N) is 3. The molecule has 0 aliphatic rings. The van der Waals surface area contributed by atoms with Crippen LogP contribution in [0.15, 0.2) is 42.7 Å². The Bertz CT molecular complexity index is 367. The fourth-order valence-electron chi connectivity index (χ4n) is 1.50. The molecule has 0 amide bonds. The Kier molecular flexibility index (Phi) is 2.58. The lowest BCUT2D eigenvalue weighted by molar-refractivity contribution is 0.527. The minimum absolute atomic E-state index is 0.470. The molecule has 0 fully saturated rings. The van der Waals surface area contributed by atoms with E-state index in [-0.39, 0.29) is 0 Å². The van der Waals surface area contributed by atoms with Crippen molar-refractivity contribution in [3.05, 3.63) is 48.3 Å². The minimum atomic E-state index is 0.470. The fraction of sp³-hybridized carbons (Fsp3) is 0.273. The van der Waals surface area contributed by atoms with Crippen LogP contribution in [0.2, 0.25) is 0 Å². The van der Waals surface area contributed by atoms with E-state index >= 15 is 0 Å².